The van der Waals surface area contributed by atoms with Gasteiger partial charge in [0.25, 0.3) is 5.91 Å². The lowest BCUT2D eigenvalue weighted by molar-refractivity contribution is 0.0918. The molecule has 0 saturated heterocycles. The van der Waals surface area contributed by atoms with Gasteiger partial charge in [-0.25, -0.2) is 4.68 Å². The van der Waals surface area contributed by atoms with Crippen molar-refractivity contribution < 1.29 is 9.53 Å². The molecule has 1 unspecified atom stereocenters. The van der Waals surface area contributed by atoms with Gasteiger partial charge >= 0.3 is 0 Å². The fraction of sp³-hybridized carbons (Fsp3) is 0.333. The van der Waals surface area contributed by atoms with Crippen molar-refractivity contribution in [2.24, 2.45) is 0 Å². The SMILES string of the molecule is CCC(C)NC(=O)c1ccnn1COc1ccc(Cl)cc1. The van der Waals surface area contributed by atoms with Crippen LogP contribution in [0, 0.1) is 0 Å². The van der Waals surface area contributed by atoms with Crippen molar-refractivity contribution in [2.45, 2.75) is 33.0 Å². The lowest BCUT2D eigenvalue weighted by Gasteiger charge is -2.13. The second-order valence-electron chi connectivity index (χ2n) is 4.73. The monoisotopic (exact) mass is 307 g/mol. The molecule has 1 aromatic heterocycles. The van der Waals surface area contributed by atoms with Crippen LogP contribution in [0.1, 0.15) is 30.8 Å². The van der Waals surface area contributed by atoms with Crippen LogP contribution in [-0.4, -0.2) is 21.7 Å². The highest BCUT2D eigenvalue weighted by atomic mass is 35.5. The summed E-state index contributed by atoms with van der Waals surface area (Å²) < 4.78 is 7.11. The summed E-state index contributed by atoms with van der Waals surface area (Å²) in [6.07, 6.45) is 2.46. The highest BCUT2D eigenvalue weighted by molar-refractivity contribution is 6.30. The molecule has 0 fully saturated rings. The minimum Gasteiger partial charge on any atom is -0.471 e. The standard InChI is InChI=1S/C15H18ClN3O2/c1-3-11(2)18-15(20)14-8-9-17-19(14)10-21-13-6-4-12(16)5-7-13/h4-9,11H,3,10H2,1-2H3,(H,18,20). The van der Waals surface area contributed by atoms with Crippen molar-refractivity contribution in [3.05, 3.63) is 47.2 Å². The van der Waals surface area contributed by atoms with Gasteiger partial charge in [0.1, 0.15) is 11.4 Å². The predicted molar refractivity (Wildman–Crippen MR) is 81.5 cm³/mol. The van der Waals surface area contributed by atoms with Gasteiger partial charge in [-0.1, -0.05) is 18.5 Å². The number of rotatable bonds is 6. The summed E-state index contributed by atoms with van der Waals surface area (Å²) in [5.74, 6) is 0.518. The second-order valence-corrected chi connectivity index (χ2v) is 5.16. The van der Waals surface area contributed by atoms with Gasteiger partial charge in [0, 0.05) is 17.3 Å². The number of benzene rings is 1. The van der Waals surface area contributed by atoms with Gasteiger partial charge in [-0.15, -0.1) is 0 Å². The van der Waals surface area contributed by atoms with E-state index in [1.54, 1.807) is 36.5 Å². The molecule has 1 atom stereocenters. The lowest BCUT2D eigenvalue weighted by atomic mass is 10.2. The molecule has 1 amide bonds. The Morgan fingerprint density at radius 2 is 2.10 bits per heavy atom. The quantitative estimate of drug-likeness (QED) is 0.892. The Balaban J connectivity index is 2.00. The number of nitrogens with zero attached hydrogens (tertiary/aromatic N) is 2. The van der Waals surface area contributed by atoms with Crippen LogP contribution in [0.15, 0.2) is 36.5 Å². The highest BCUT2D eigenvalue weighted by Crippen LogP contribution is 2.16. The molecule has 1 heterocycles. The van der Waals surface area contributed by atoms with E-state index in [-0.39, 0.29) is 18.7 Å². The third-order valence-corrected chi connectivity index (χ3v) is 3.36. The number of hydrogen-bond donors (Lipinski definition) is 1. The molecule has 0 spiro atoms. The van der Waals surface area contributed by atoms with Crippen LogP contribution >= 0.6 is 11.6 Å². The first-order valence-electron chi connectivity index (χ1n) is 6.81. The number of amides is 1. The average Bonchev–Trinajstić information content (AvgIpc) is 2.95. The smallest absolute Gasteiger partial charge is 0.269 e. The summed E-state index contributed by atoms with van der Waals surface area (Å²) in [4.78, 5) is 12.1. The van der Waals surface area contributed by atoms with Gasteiger partial charge < -0.3 is 10.1 Å². The Morgan fingerprint density at radius 3 is 2.76 bits per heavy atom. The summed E-state index contributed by atoms with van der Waals surface area (Å²) in [7, 11) is 0. The fourth-order valence-electron chi connectivity index (χ4n) is 1.69. The molecule has 0 bridgehead atoms. The molecular weight excluding hydrogens is 290 g/mol. The van der Waals surface area contributed by atoms with Crippen LogP contribution in [0.5, 0.6) is 5.75 Å². The average molecular weight is 308 g/mol. The summed E-state index contributed by atoms with van der Waals surface area (Å²) in [6.45, 7) is 4.15. The Bertz CT molecular complexity index is 595. The normalized spacial score (nSPS) is 12.0. The van der Waals surface area contributed by atoms with Crippen molar-refractivity contribution >= 4 is 17.5 Å². The molecule has 0 saturated carbocycles. The molecule has 112 valence electrons. The van der Waals surface area contributed by atoms with Crippen LogP contribution in [0.4, 0.5) is 0 Å². The lowest BCUT2D eigenvalue weighted by Crippen LogP contribution is -2.33. The summed E-state index contributed by atoms with van der Waals surface area (Å²) in [5.41, 5.74) is 0.476. The number of aromatic nitrogens is 2. The van der Waals surface area contributed by atoms with Crippen molar-refractivity contribution in [1.82, 2.24) is 15.1 Å². The first-order chi connectivity index (χ1) is 10.1. The van der Waals surface area contributed by atoms with E-state index >= 15 is 0 Å². The van der Waals surface area contributed by atoms with Gasteiger partial charge in [-0.2, -0.15) is 5.10 Å². The maximum absolute atomic E-state index is 12.1. The van der Waals surface area contributed by atoms with Crippen molar-refractivity contribution in [2.75, 3.05) is 0 Å². The maximum atomic E-state index is 12.1. The van der Waals surface area contributed by atoms with Crippen molar-refractivity contribution in [1.29, 1.82) is 0 Å². The van der Waals surface area contributed by atoms with Crippen LogP contribution in [0.3, 0.4) is 0 Å². The predicted octanol–water partition coefficient (Wildman–Crippen LogP) is 3.10. The minimum atomic E-state index is -0.151. The zero-order valence-corrected chi connectivity index (χ0v) is 12.8. The van der Waals surface area contributed by atoms with Crippen LogP contribution in [-0.2, 0) is 6.73 Å². The van der Waals surface area contributed by atoms with Crippen LogP contribution in [0.25, 0.3) is 0 Å². The van der Waals surface area contributed by atoms with Gasteiger partial charge in [-0.05, 0) is 43.7 Å². The fourth-order valence-corrected chi connectivity index (χ4v) is 1.82. The molecule has 21 heavy (non-hydrogen) atoms. The molecule has 0 aliphatic carbocycles. The Labute approximate surface area is 128 Å². The minimum absolute atomic E-state index is 0.123. The van der Waals surface area contributed by atoms with E-state index in [0.717, 1.165) is 6.42 Å². The van der Waals surface area contributed by atoms with Crippen LogP contribution in [0.2, 0.25) is 5.02 Å². The maximum Gasteiger partial charge on any atom is 0.269 e. The number of hydrogen-bond acceptors (Lipinski definition) is 3. The van der Waals surface area contributed by atoms with Crippen molar-refractivity contribution in [3.63, 3.8) is 0 Å². The molecule has 1 aromatic carbocycles. The number of halogens is 1. The van der Waals surface area contributed by atoms with Crippen LogP contribution < -0.4 is 10.1 Å². The molecule has 0 aliphatic rings. The van der Waals surface area contributed by atoms with E-state index in [1.807, 2.05) is 13.8 Å². The molecule has 5 nitrogen and oxygen atoms in total. The van der Waals surface area contributed by atoms with E-state index in [1.165, 1.54) is 4.68 Å². The Morgan fingerprint density at radius 1 is 1.38 bits per heavy atom. The Hall–Kier alpha value is -2.01. The zero-order chi connectivity index (χ0) is 15.2. The molecule has 0 radical (unpaired) electrons. The summed E-state index contributed by atoms with van der Waals surface area (Å²) in [5, 5.41) is 7.66. The van der Waals surface area contributed by atoms with E-state index in [0.29, 0.717) is 16.5 Å². The van der Waals surface area contributed by atoms with Gasteiger partial charge in [0.05, 0.1) is 0 Å². The molecule has 2 rings (SSSR count). The molecule has 1 N–H and O–H groups in total. The molecule has 0 aliphatic heterocycles. The van der Waals surface area contributed by atoms with Gasteiger partial charge in [0.15, 0.2) is 6.73 Å². The van der Waals surface area contributed by atoms with E-state index in [4.69, 9.17) is 16.3 Å². The zero-order valence-electron chi connectivity index (χ0n) is 12.0. The number of carbonyl (C=O) groups excluding carboxylic acids is 1. The first-order valence-corrected chi connectivity index (χ1v) is 7.19. The molecular formula is C15H18ClN3O2. The van der Waals surface area contributed by atoms with E-state index < -0.39 is 0 Å². The van der Waals surface area contributed by atoms with E-state index in [2.05, 4.69) is 10.4 Å². The Kier molecular flexibility index (Phi) is 5.22. The van der Waals surface area contributed by atoms with Gasteiger partial charge in [-0.3, -0.25) is 4.79 Å². The number of nitrogens with one attached hydrogen (secondary N) is 1. The summed E-state index contributed by atoms with van der Waals surface area (Å²) >= 11 is 5.81. The number of carbonyl (C=O) groups is 1. The highest BCUT2D eigenvalue weighted by Gasteiger charge is 2.13. The first kappa shape index (κ1) is 15.4. The molecule has 2 aromatic rings. The number of ether oxygens (including phenoxy) is 1. The molecule has 6 heteroatoms. The third-order valence-electron chi connectivity index (χ3n) is 3.11. The van der Waals surface area contributed by atoms with Gasteiger partial charge in [0.2, 0.25) is 0 Å². The van der Waals surface area contributed by atoms with Crippen molar-refractivity contribution in [3.8, 4) is 5.75 Å². The topological polar surface area (TPSA) is 56.2 Å². The third kappa shape index (κ3) is 4.23. The summed E-state index contributed by atoms with van der Waals surface area (Å²) in [6, 6.07) is 8.82. The second kappa shape index (κ2) is 7.13. The van der Waals surface area contributed by atoms with E-state index in [9.17, 15) is 4.79 Å². The largest absolute Gasteiger partial charge is 0.471 e.